The van der Waals surface area contributed by atoms with E-state index in [9.17, 15) is 9.59 Å². The SMILES string of the molecule is C=CCC(N)C(=O)N1CCc2ccc(C(=O)O)cc2C1. The molecular formula is C15H18N2O3. The molecule has 0 aliphatic carbocycles. The smallest absolute Gasteiger partial charge is 0.335 e. The van der Waals surface area contributed by atoms with Gasteiger partial charge in [-0.3, -0.25) is 4.79 Å². The number of carboxylic acid groups (broad SMARTS) is 1. The van der Waals surface area contributed by atoms with Crippen LogP contribution in [0.1, 0.15) is 27.9 Å². The highest BCUT2D eigenvalue weighted by Crippen LogP contribution is 2.21. The van der Waals surface area contributed by atoms with Crippen LogP contribution in [0.4, 0.5) is 0 Å². The summed E-state index contributed by atoms with van der Waals surface area (Å²) in [5, 5.41) is 9.01. The molecule has 20 heavy (non-hydrogen) atoms. The Bertz CT molecular complexity index is 554. The number of amides is 1. The number of aromatic carboxylic acids is 1. The average Bonchev–Trinajstić information content (AvgIpc) is 2.45. The number of hydrogen-bond donors (Lipinski definition) is 2. The molecule has 0 radical (unpaired) electrons. The molecule has 1 aromatic rings. The van der Waals surface area contributed by atoms with Crippen LogP contribution in [0.5, 0.6) is 0 Å². The normalized spacial score (nSPS) is 15.3. The molecule has 0 bridgehead atoms. The second-order valence-electron chi connectivity index (χ2n) is 4.93. The predicted octanol–water partition coefficient (Wildman–Crippen LogP) is 1.17. The molecule has 1 aliphatic heterocycles. The van der Waals surface area contributed by atoms with E-state index in [0.29, 0.717) is 19.5 Å². The summed E-state index contributed by atoms with van der Waals surface area (Å²) >= 11 is 0. The molecule has 1 aliphatic rings. The fourth-order valence-electron chi connectivity index (χ4n) is 2.39. The molecule has 0 aromatic heterocycles. The first kappa shape index (κ1) is 14.3. The third-order valence-electron chi connectivity index (χ3n) is 3.51. The van der Waals surface area contributed by atoms with Crippen LogP contribution in [0.2, 0.25) is 0 Å². The fourth-order valence-corrected chi connectivity index (χ4v) is 2.39. The van der Waals surface area contributed by atoms with Crippen LogP contribution in [-0.4, -0.2) is 34.5 Å². The first-order chi connectivity index (χ1) is 9.52. The van der Waals surface area contributed by atoms with Gasteiger partial charge in [0.2, 0.25) is 5.91 Å². The highest BCUT2D eigenvalue weighted by atomic mass is 16.4. The lowest BCUT2D eigenvalue weighted by Gasteiger charge is -2.30. The van der Waals surface area contributed by atoms with Gasteiger partial charge in [0.15, 0.2) is 0 Å². The van der Waals surface area contributed by atoms with E-state index in [1.807, 2.05) is 6.07 Å². The Balaban J connectivity index is 2.17. The van der Waals surface area contributed by atoms with Crippen molar-refractivity contribution in [1.82, 2.24) is 4.90 Å². The summed E-state index contributed by atoms with van der Waals surface area (Å²) in [5.41, 5.74) is 8.02. The molecule has 1 amide bonds. The maximum Gasteiger partial charge on any atom is 0.335 e. The minimum atomic E-state index is -0.959. The number of carbonyl (C=O) groups is 2. The monoisotopic (exact) mass is 274 g/mol. The minimum absolute atomic E-state index is 0.115. The molecule has 0 fully saturated rings. The molecule has 5 heteroatoms. The Morgan fingerprint density at radius 1 is 1.45 bits per heavy atom. The summed E-state index contributed by atoms with van der Waals surface area (Å²) in [6.07, 6.45) is 2.79. The molecule has 0 saturated heterocycles. The zero-order chi connectivity index (χ0) is 14.7. The van der Waals surface area contributed by atoms with E-state index in [1.54, 1.807) is 23.1 Å². The van der Waals surface area contributed by atoms with Crippen LogP contribution in [0.25, 0.3) is 0 Å². The molecule has 0 spiro atoms. The number of nitrogens with zero attached hydrogens (tertiary/aromatic N) is 1. The van der Waals surface area contributed by atoms with E-state index in [2.05, 4.69) is 6.58 Å². The van der Waals surface area contributed by atoms with Gasteiger partial charge in [0, 0.05) is 13.1 Å². The molecule has 106 valence electrons. The van der Waals surface area contributed by atoms with Crippen molar-refractivity contribution in [1.29, 1.82) is 0 Å². The number of rotatable bonds is 4. The largest absolute Gasteiger partial charge is 0.478 e. The Kier molecular flexibility index (Phi) is 4.20. The molecule has 2 rings (SSSR count). The van der Waals surface area contributed by atoms with Gasteiger partial charge in [-0.2, -0.15) is 0 Å². The van der Waals surface area contributed by atoms with Crippen molar-refractivity contribution in [3.8, 4) is 0 Å². The zero-order valence-corrected chi connectivity index (χ0v) is 11.2. The Morgan fingerprint density at radius 2 is 2.20 bits per heavy atom. The van der Waals surface area contributed by atoms with Gasteiger partial charge in [-0.15, -0.1) is 6.58 Å². The van der Waals surface area contributed by atoms with Gasteiger partial charge in [-0.25, -0.2) is 4.79 Å². The molecule has 1 unspecified atom stereocenters. The molecular weight excluding hydrogens is 256 g/mol. The number of fused-ring (bicyclic) bond motifs is 1. The van der Waals surface area contributed by atoms with Gasteiger partial charge in [0.05, 0.1) is 11.6 Å². The van der Waals surface area contributed by atoms with Gasteiger partial charge in [-0.1, -0.05) is 12.1 Å². The number of hydrogen-bond acceptors (Lipinski definition) is 3. The molecule has 1 aromatic carbocycles. The van der Waals surface area contributed by atoms with Gasteiger partial charge >= 0.3 is 5.97 Å². The van der Waals surface area contributed by atoms with Gasteiger partial charge in [0.1, 0.15) is 0 Å². The maximum atomic E-state index is 12.2. The van der Waals surface area contributed by atoms with Crippen molar-refractivity contribution in [3.63, 3.8) is 0 Å². The predicted molar refractivity (Wildman–Crippen MR) is 75.3 cm³/mol. The van der Waals surface area contributed by atoms with Crippen molar-refractivity contribution in [2.75, 3.05) is 6.54 Å². The van der Waals surface area contributed by atoms with Crippen LogP contribution in [-0.2, 0) is 17.8 Å². The summed E-state index contributed by atoms with van der Waals surface area (Å²) in [6.45, 7) is 4.61. The van der Waals surface area contributed by atoms with E-state index >= 15 is 0 Å². The number of benzene rings is 1. The fraction of sp³-hybridized carbons (Fsp3) is 0.333. The van der Waals surface area contributed by atoms with Crippen LogP contribution in [0, 0.1) is 0 Å². The lowest BCUT2D eigenvalue weighted by atomic mass is 9.96. The highest BCUT2D eigenvalue weighted by Gasteiger charge is 2.24. The van der Waals surface area contributed by atoms with E-state index in [0.717, 1.165) is 17.5 Å². The molecule has 5 nitrogen and oxygen atoms in total. The van der Waals surface area contributed by atoms with E-state index in [-0.39, 0.29) is 11.5 Å². The third-order valence-corrected chi connectivity index (χ3v) is 3.51. The number of carboxylic acids is 1. The average molecular weight is 274 g/mol. The van der Waals surface area contributed by atoms with E-state index in [1.165, 1.54) is 0 Å². The lowest BCUT2D eigenvalue weighted by Crippen LogP contribution is -2.45. The summed E-state index contributed by atoms with van der Waals surface area (Å²) in [7, 11) is 0. The van der Waals surface area contributed by atoms with Crippen LogP contribution < -0.4 is 5.73 Å². The van der Waals surface area contributed by atoms with Crippen LogP contribution in [0.3, 0.4) is 0 Å². The lowest BCUT2D eigenvalue weighted by molar-refractivity contribution is -0.133. The molecule has 1 atom stereocenters. The molecule has 1 heterocycles. The second kappa shape index (κ2) is 5.88. The number of nitrogens with two attached hydrogens (primary N) is 1. The first-order valence-electron chi connectivity index (χ1n) is 6.53. The zero-order valence-electron chi connectivity index (χ0n) is 11.2. The Hall–Kier alpha value is -2.14. The molecule has 3 N–H and O–H groups in total. The van der Waals surface area contributed by atoms with Crippen LogP contribution >= 0.6 is 0 Å². The summed E-state index contributed by atoms with van der Waals surface area (Å²) in [6, 6.07) is 4.49. The first-order valence-corrected chi connectivity index (χ1v) is 6.53. The van der Waals surface area contributed by atoms with Gasteiger partial charge < -0.3 is 15.7 Å². The van der Waals surface area contributed by atoms with E-state index in [4.69, 9.17) is 10.8 Å². The maximum absolute atomic E-state index is 12.2. The molecule has 0 saturated carbocycles. The van der Waals surface area contributed by atoms with Crippen molar-refractivity contribution >= 4 is 11.9 Å². The van der Waals surface area contributed by atoms with Crippen molar-refractivity contribution in [3.05, 3.63) is 47.5 Å². The topological polar surface area (TPSA) is 83.6 Å². The quantitative estimate of drug-likeness (QED) is 0.807. The van der Waals surface area contributed by atoms with Gasteiger partial charge in [-0.05, 0) is 36.1 Å². The Morgan fingerprint density at radius 3 is 2.85 bits per heavy atom. The minimum Gasteiger partial charge on any atom is -0.478 e. The van der Waals surface area contributed by atoms with Crippen LogP contribution in [0.15, 0.2) is 30.9 Å². The summed E-state index contributed by atoms with van der Waals surface area (Å²) < 4.78 is 0. The summed E-state index contributed by atoms with van der Waals surface area (Å²) in [4.78, 5) is 24.8. The second-order valence-corrected chi connectivity index (χ2v) is 4.93. The third kappa shape index (κ3) is 2.88. The van der Waals surface area contributed by atoms with Crippen molar-refractivity contribution in [2.45, 2.75) is 25.4 Å². The van der Waals surface area contributed by atoms with E-state index < -0.39 is 12.0 Å². The van der Waals surface area contributed by atoms with Crippen molar-refractivity contribution in [2.24, 2.45) is 5.73 Å². The standard InChI is InChI=1S/C15H18N2O3/c1-2-3-13(16)14(18)17-7-6-10-4-5-11(15(19)20)8-12(10)9-17/h2,4-5,8,13H,1,3,6-7,9,16H2,(H,19,20). The number of carbonyl (C=O) groups excluding carboxylic acids is 1. The Labute approximate surface area is 117 Å². The highest BCUT2D eigenvalue weighted by molar-refractivity contribution is 5.88. The summed E-state index contributed by atoms with van der Waals surface area (Å²) in [5.74, 6) is -1.07. The van der Waals surface area contributed by atoms with Gasteiger partial charge in [0.25, 0.3) is 0 Å². The van der Waals surface area contributed by atoms with Crippen molar-refractivity contribution < 1.29 is 14.7 Å².